The van der Waals surface area contributed by atoms with Gasteiger partial charge in [0.2, 0.25) is 0 Å². The normalized spacial score (nSPS) is 10.8. The summed E-state index contributed by atoms with van der Waals surface area (Å²) in [7, 11) is 1.94. The summed E-state index contributed by atoms with van der Waals surface area (Å²) >= 11 is 5.99. The Morgan fingerprint density at radius 3 is 2.94 bits per heavy atom. The Kier molecular flexibility index (Phi) is 3.82. The zero-order valence-corrected chi connectivity index (χ0v) is 10.8. The lowest BCUT2D eigenvalue weighted by Gasteiger charge is -1.98. The van der Waals surface area contributed by atoms with Gasteiger partial charge in [0.05, 0.1) is 5.69 Å². The van der Waals surface area contributed by atoms with Crippen LogP contribution in [0.4, 0.5) is 0 Å². The number of benzene rings is 1. The van der Waals surface area contributed by atoms with E-state index in [0.717, 1.165) is 40.8 Å². The number of nitrogens with one attached hydrogen (secondary N) is 2. The number of likely N-dealkylation sites (N-methyl/N-ethyl adjacent to an activating group) is 1. The van der Waals surface area contributed by atoms with E-state index in [9.17, 15) is 0 Å². The maximum atomic E-state index is 5.99. The first-order valence-corrected chi connectivity index (χ1v) is 6.04. The van der Waals surface area contributed by atoms with Gasteiger partial charge >= 0.3 is 0 Å². The first kappa shape index (κ1) is 12.1. The Morgan fingerprint density at radius 1 is 1.41 bits per heavy atom. The second-order valence-electron chi connectivity index (χ2n) is 4.02. The molecule has 0 aliphatic carbocycles. The van der Waals surface area contributed by atoms with Crippen molar-refractivity contribution in [1.29, 1.82) is 0 Å². The summed E-state index contributed by atoms with van der Waals surface area (Å²) in [5, 5.41) is 3.85. The van der Waals surface area contributed by atoms with Gasteiger partial charge in [0.15, 0.2) is 0 Å². The average molecular weight is 250 g/mol. The van der Waals surface area contributed by atoms with E-state index in [1.807, 2.05) is 38.2 Å². The van der Waals surface area contributed by atoms with Gasteiger partial charge in [-0.15, -0.1) is 0 Å². The highest BCUT2D eigenvalue weighted by Gasteiger charge is 2.08. The molecule has 4 heteroatoms. The molecule has 0 atom stereocenters. The summed E-state index contributed by atoms with van der Waals surface area (Å²) in [6.45, 7) is 2.95. The van der Waals surface area contributed by atoms with Gasteiger partial charge in [-0.05, 0) is 26.1 Å². The summed E-state index contributed by atoms with van der Waals surface area (Å²) in [5.74, 6) is 1.01. The molecule has 0 saturated carbocycles. The number of imidazole rings is 1. The zero-order chi connectivity index (χ0) is 12.3. The van der Waals surface area contributed by atoms with E-state index in [1.54, 1.807) is 0 Å². The Labute approximate surface area is 106 Å². The van der Waals surface area contributed by atoms with Crippen molar-refractivity contribution in [3.63, 3.8) is 0 Å². The van der Waals surface area contributed by atoms with Crippen molar-refractivity contribution in [1.82, 2.24) is 15.3 Å². The first-order chi connectivity index (χ1) is 8.20. The van der Waals surface area contributed by atoms with Gasteiger partial charge in [0.1, 0.15) is 5.82 Å². The molecule has 0 fully saturated rings. The predicted octanol–water partition coefficient (Wildman–Crippen LogP) is 2.80. The number of halogens is 1. The molecule has 0 saturated heterocycles. The number of aromatic amines is 1. The lowest BCUT2D eigenvalue weighted by atomic mass is 10.1. The minimum Gasteiger partial charge on any atom is -0.346 e. The monoisotopic (exact) mass is 249 g/mol. The van der Waals surface area contributed by atoms with Gasteiger partial charge in [0.25, 0.3) is 0 Å². The number of rotatable bonds is 4. The quantitative estimate of drug-likeness (QED) is 0.875. The molecule has 1 aromatic carbocycles. The van der Waals surface area contributed by atoms with E-state index in [2.05, 4.69) is 15.3 Å². The third-order valence-corrected chi connectivity index (χ3v) is 2.88. The van der Waals surface area contributed by atoms with Gasteiger partial charge < -0.3 is 10.3 Å². The molecule has 0 aliphatic heterocycles. The molecule has 2 N–H and O–H groups in total. The smallest absolute Gasteiger partial charge is 0.108 e. The van der Waals surface area contributed by atoms with E-state index in [-0.39, 0.29) is 0 Å². The third-order valence-electron chi connectivity index (χ3n) is 2.64. The second kappa shape index (κ2) is 5.34. The molecule has 90 valence electrons. The fourth-order valence-electron chi connectivity index (χ4n) is 1.80. The largest absolute Gasteiger partial charge is 0.346 e. The molecule has 0 amide bonds. The van der Waals surface area contributed by atoms with Crippen molar-refractivity contribution in [3.8, 4) is 11.3 Å². The molecular formula is C13H16ClN3. The second-order valence-corrected chi connectivity index (χ2v) is 4.46. The van der Waals surface area contributed by atoms with Crippen molar-refractivity contribution >= 4 is 11.6 Å². The molecule has 0 aliphatic rings. The lowest BCUT2D eigenvalue weighted by Crippen LogP contribution is -2.11. The molecule has 0 unspecified atom stereocenters. The van der Waals surface area contributed by atoms with Gasteiger partial charge in [-0.25, -0.2) is 4.98 Å². The van der Waals surface area contributed by atoms with E-state index >= 15 is 0 Å². The minimum absolute atomic E-state index is 0.738. The molecule has 17 heavy (non-hydrogen) atoms. The molecule has 3 nitrogen and oxygen atoms in total. The van der Waals surface area contributed by atoms with Crippen LogP contribution in [-0.4, -0.2) is 23.6 Å². The number of hydrogen-bond donors (Lipinski definition) is 2. The van der Waals surface area contributed by atoms with E-state index < -0.39 is 0 Å². The predicted molar refractivity (Wildman–Crippen MR) is 71.4 cm³/mol. The van der Waals surface area contributed by atoms with Crippen LogP contribution in [0.1, 0.15) is 11.5 Å². The fourth-order valence-corrected chi connectivity index (χ4v) is 1.99. The zero-order valence-electron chi connectivity index (χ0n) is 10.0. The molecule has 0 bridgehead atoms. The summed E-state index contributed by atoms with van der Waals surface area (Å²) in [6.07, 6.45) is 0.901. The van der Waals surface area contributed by atoms with Crippen molar-refractivity contribution in [3.05, 3.63) is 40.8 Å². The van der Waals surface area contributed by atoms with Crippen LogP contribution < -0.4 is 5.32 Å². The molecule has 1 aromatic heterocycles. The molecule has 0 spiro atoms. The summed E-state index contributed by atoms with van der Waals surface area (Å²) in [5.41, 5.74) is 3.12. The van der Waals surface area contributed by atoms with Crippen molar-refractivity contribution < 1.29 is 0 Å². The SMILES string of the molecule is CNCCc1nc(-c2cccc(Cl)c2)c(C)[nH]1. The molecule has 1 heterocycles. The highest BCUT2D eigenvalue weighted by Crippen LogP contribution is 2.23. The van der Waals surface area contributed by atoms with Crippen molar-refractivity contribution in [2.75, 3.05) is 13.6 Å². The Hall–Kier alpha value is -1.32. The van der Waals surface area contributed by atoms with Gasteiger partial charge in [-0.2, -0.15) is 0 Å². The molecule has 0 radical (unpaired) electrons. The summed E-state index contributed by atoms with van der Waals surface area (Å²) in [4.78, 5) is 7.91. The first-order valence-electron chi connectivity index (χ1n) is 5.66. The van der Waals surface area contributed by atoms with Crippen LogP contribution in [0, 0.1) is 6.92 Å². The number of aryl methyl sites for hydroxylation is 1. The Morgan fingerprint density at radius 2 is 2.24 bits per heavy atom. The molecule has 2 rings (SSSR count). The van der Waals surface area contributed by atoms with E-state index in [1.165, 1.54) is 0 Å². The van der Waals surface area contributed by atoms with Crippen molar-refractivity contribution in [2.45, 2.75) is 13.3 Å². The maximum absolute atomic E-state index is 5.99. The number of H-pyrrole nitrogens is 1. The highest BCUT2D eigenvalue weighted by molar-refractivity contribution is 6.30. The van der Waals surface area contributed by atoms with Gasteiger partial charge in [0, 0.05) is 29.2 Å². The molecule has 2 aromatic rings. The van der Waals surface area contributed by atoms with Crippen LogP contribution in [0.5, 0.6) is 0 Å². The molecular weight excluding hydrogens is 234 g/mol. The Balaban J connectivity index is 2.29. The lowest BCUT2D eigenvalue weighted by molar-refractivity contribution is 0.763. The number of hydrogen-bond acceptors (Lipinski definition) is 2. The summed E-state index contributed by atoms with van der Waals surface area (Å²) in [6, 6.07) is 7.78. The van der Waals surface area contributed by atoms with Crippen LogP contribution in [0.25, 0.3) is 11.3 Å². The van der Waals surface area contributed by atoms with Crippen LogP contribution in [-0.2, 0) is 6.42 Å². The highest BCUT2D eigenvalue weighted by atomic mass is 35.5. The van der Waals surface area contributed by atoms with Crippen LogP contribution in [0.15, 0.2) is 24.3 Å². The number of nitrogens with zero attached hydrogens (tertiary/aromatic N) is 1. The van der Waals surface area contributed by atoms with E-state index in [4.69, 9.17) is 11.6 Å². The van der Waals surface area contributed by atoms with Crippen LogP contribution >= 0.6 is 11.6 Å². The fraction of sp³-hybridized carbons (Fsp3) is 0.308. The minimum atomic E-state index is 0.738. The van der Waals surface area contributed by atoms with Crippen molar-refractivity contribution in [2.24, 2.45) is 0 Å². The number of aromatic nitrogens is 2. The van der Waals surface area contributed by atoms with Gasteiger partial charge in [-0.3, -0.25) is 0 Å². The maximum Gasteiger partial charge on any atom is 0.108 e. The standard InChI is InChI=1S/C13H16ClN3/c1-9-13(10-4-3-5-11(14)8-10)17-12(16-9)6-7-15-2/h3-5,8,15H,6-7H2,1-2H3,(H,16,17). The third kappa shape index (κ3) is 2.87. The average Bonchev–Trinajstić information content (AvgIpc) is 2.68. The van der Waals surface area contributed by atoms with Crippen LogP contribution in [0.3, 0.4) is 0 Å². The topological polar surface area (TPSA) is 40.7 Å². The van der Waals surface area contributed by atoms with Gasteiger partial charge in [-0.1, -0.05) is 23.7 Å². The van der Waals surface area contributed by atoms with Crippen LogP contribution in [0.2, 0.25) is 5.02 Å². The summed E-state index contributed by atoms with van der Waals surface area (Å²) < 4.78 is 0. The van der Waals surface area contributed by atoms with E-state index in [0.29, 0.717) is 0 Å². The Bertz CT molecular complexity index is 505.